The molecule has 1 aromatic heterocycles. The largest absolute Gasteiger partial charge is 0.497 e. The number of aromatic nitrogens is 2. The molecular formula is C16H14ClN3O. The van der Waals surface area contributed by atoms with Crippen LogP contribution in [0.5, 0.6) is 5.75 Å². The average molecular weight is 300 g/mol. The van der Waals surface area contributed by atoms with E-state index in [9.17, 15) is 0 Å². The van der Waals surface area contributed by atoms with Crippen LogP contribution in [-0.4, -0.2) is 16.9 Å². The number of nitrogens with one attached hydrogen (secondary N) is 1. The Morgan fingerprint density at radius 3 is 2.43 bits per heavy atom. The summed E-state index contributed by atoms with van der Waals surface area (Å²) in [5, 5.41) is 8.22. The number of halogens is 1. The van der Waals surface area contributed by atoms with Crippen LogP contribution in [0.2, 0.25) is 5.02 Å². The van der Waals surface area contributed by atoms with Crippen LogP contribution >= 0.6 is 11.6 Å². The SMILES string of the molecule is COc1ccc(Nc2nn(-c3ccccc3)cc2Cl)cc1. The standard InChI is InChI=1S/C16H14ClN3O/c1-21-14-9-7-12(8-10-14)18-16-15(17)11-20(19-16)13-5-3-2-4-6-13/h2-11H,1H3,(H,18,19). The Balaban J connectivity index is 1.84. The van der Waals surface area contributed by atoms with Gasteiger partial charge in [0.2, 0.25) is 0 Å². The third kappa shape index (κ3) is 3.01. The molecule has 0 unspecified atom stereocenters. The first-order chi connectivity index (χ1) is 10.3. The molecule has 21 heavy (non-hydrogen) atoms. The maximum atomic E-state index is 6.23. The maximum absolute atomic E-state index is 6.23. The quantitative estimate of drug-likeness (QED) is 0.781. The average Bonchev–Trinajstić information content (AvgIpc) is 2.90. The molecular weight excluding hydrogens is 286 g/mol. The van der Waals surface area contributed by atoms with Crippen LogP contribution in [0.25, 0.3) is 5.69 Å². The smallest absolute Gasteiger partial charge is 0.171 e. The predicted molar refractivity (Wildman–Crippen MR) is 84.9 cm³/mol. The molecule has 0 aliphatic heterocycles. The van der Waals surface area contributed by atoms with Gasteiger partial charge in [-0.3, -0.25) is 0 Å². The van der Waals surface area contributed by atoms with E-state index in [1.807, 2.05) is 54.6 Å². The number of benzene rings is 2. The predicted octanol–water partition coefficient (Wildman–Crippen LogP) is 4.28. The van der Waals surface area contributed by atoms with E-state index >= 15 is 0 Å². The number of hydrogen-bond acceptors (Lipinski definition) is 3. The number of nitrogens with zero attached hydrogens (tertiary/aromatic N) is 2. The lowest BCUT2D eigenvalue weighted by atomic mass is 10.3. The molecule has 0 spiro atoms. The second-order valence-corrected chi connectivity index (χ2v) is 4.87. The second-order valence-electron chi connectivity index (χ2n) is 4.46. The molecule has 106 valence electrons. The topological polar surface area (TPSA) is 39.1 Å². The van der Waals surface area contributed by atoms with Gasteiger partial charge in [-0.15, -0.1) is 5.10 Å². The van der Waals surface area contributed by atoms with Gasteiger partial charge in [0.05, 0.1) is 19.0 Å². The van der Waals surface area contributed by atoms with Crippen molar-refractivity contribution in [3.63, 3.8) is 0 Å². The fourth-order valence-electron chi connectivity index (χ4n) is 1.96. The number of methoxy groups -OCH3 is 1. The van der Waals surface area contributed by atoms with E-state index in [0.717, 1.165) is 17.1 Å². The van der Waals surface area contributed by atoms with Crippen LogP contribution in [0.1, 0.15) is 0 Å². The minimum absolute atomic E-state index is 0.565. The molecule has 3 aromatic rings. The molecule has 4 nitrogen and oxygen atoms in total. The van der Waals surface area contributed by atoms with Crippen molar-refractivity contribution in [3.05, 3.63) is 65.8 Å². The number of anilines is 2. The molecule has 0 saturated heterocycles. The summed E-state index contributed by atoms with van der Waals surface area (Å²) < 4.78 is 6.88. The van der Waals surface area contributed by atoms with E-state index in [-0.39, 0.29) is 0 Å². The zero-order valence-corrected chi connectivity index (χ0v) is 12.2. The highest BCUT2D eigenvalue weighted by molar-refractivity contribution is 6.33. The van der Waals surface area contributed by atoms with Crippen LogP contribution in [0.3, 0.4) is 0 Å². The summed E-state index contributed by atoms with van der Waals surface area (Å²) in [5.74, 6) is 1.42. The van der Waals surface area contributed by atoms with E-state index in [1.54, 1.807) is 18.0 Å². The molecule has 1 N–H and O–H groups in total. The van der Waals surface area contributed by atoms with Gasteiger partial charge >= 0.3 is 0 Å². The van der Waals surface area contributed by atoms with Crippen molar-refractivity contribution in [1.82, 2.24) is 9.78 Å². The van der Waals surface area contributed by atoms with Crippen molar-refractivity contribution in [3.8, 4) is 11.4 Å². The molecule has 0 bridgehead atoms. The van der Waals surface area contributed by atoms with Crippen molar-refractivity contribution < 1.29 is 4.74 Å². The molecule has 0 aliphatic rings. The number of ether oxygens (including phenoxy) is 1. The van der Waals surface area contributed by atoms with Gasteiger partial charge in [0.25, 0.3) is 0 Å². The van der Waals surface area contributed by atoms with Crippen molar-refractivity contribution in [2.75, 3.05) is 12.4 Å². The minimum Gasteiger partial charge on any atom is -0.497 e. The van der Waals surface area contributed by atoms with Crippen LogP contribution < -0.4 is 10.1 Å². The third-order valence-electron chi connectivity index (χ3n) is 3.04. The fourth-order valence-corrected chi connectivity index (χ4v) is 2.14. The molecule has 5 heteroatoms. The number of rotatable bonds is 4. The van der Waals surface area contributed by atoms with Gasteiger partial charge < -0.3 is 10.1 Å². The lowest BCUT2D eigenvalue weighted by molar-refractivity contribution is 0.415. The van der Waals surface area contributed by atoms with Crippen LogP contribution in [0, 0.1) is 0 Å². The first-order valence-electron chi connectivity index (χ1n) is 6.48. The summed E-state index contributed by atoms with van der Waals surface area (Å²) in [5.41, 5.74) is 1.86. The van der Waals surface area contributed by atoms with Gasteiger partial charge in [0.15, 0.2) is 5.82 Å². The number of para-hydroxylation sites is 1. The summed E-state index contributed by atoms with van der Waals surface area (Å²) >= 11 is 6.23. The van der Waals surface area contributed by atoms with E-state index < -0.39 is 0 Å². The van der Waals surface area contributed by atoms with Crippen LogP contribution in [0.4, 0.5) is 11.5 Å². The zero-order valence-electron chi connectivity index (χ0n) is 11.5. The first-order valence-corrected chi connectivity index (χ1v) is 6.86. The Kier molecular flexibility index (Phi) is 3.79. The molecule has 0 aliphatic carbocycles. The minimum atomic E-state index is 0.565. The third-order valence-corrected chi connectivity index (χ3v) is 3.32. The van der Waals surface area contributed by atoms with Crippen LogP contribution in [-0.2, 0) is 0 Å². The second kappa shape index (κ2) is 5.89. The lowest BCUT2D eigenvalue weighted by Gasteiger charge is -2.05. The normalized spacial score (nSPS) is 10.4. The molecule has 2 aromatic carbocycles. The Morgan fingerprint density at radius 2 is 1.76 bits per heavy atom. The summed E-state index contributed by atoms with van der Waals surface area (Å²) in [7, 11) is 1.64. The first kappa shape index (κ1) is 13.5. The van der Waals surface area contributed by atoms with Crippen LogP contribution in [0.15, 0.2) is 60.8 Å². The van der Waals surface area contributed by atoms with E-state index in [1.165, 1.54) is 0 Å². The highest BCUT2D eigenvalue weighted by Gasteiger charge is 2.08. The molecule has 3 rings (SSSR count). The van der Waals surface area contributed by atoms with Crippen molar-refractivity contribution in [2.24, 2.45) is 0 Å². The highest BCUT2D eigenvalue weighted by Crippen LogP contribution is 2.26. The highest BCUT2D eigenvalue weighted by atomic mass is 35.5. The molecule has 0 fully saturated rings. The zero-order chi connectivity index (χ0) is 14.7. The molecule has 0 saturated carbocycles. The van der Waals surface area contributed by atoms with E-state index in [0.29, 0.717) is 10.8 Å². The van der Waals surface area contributed by atoms with Gasteiger partial charge in [-0.2, -0.15) is 0 Å². The van der Waals surface area contributed by atoms with Crippen molar-refractivity contribution in [2.45, 2.75) is 0 Å². The van der Waals surface area contributed by atoms with Gasteiger partial charge in [-0.25, -0.2) is 4.68 Å². The Hall–Kier alpha value is -2.46. The lowest BCUT2D eigenvalue weighted by Crippen LogP contribution is -1.96. The molecule has 0 atom stereocenters. The van der Waals surface area contributed by atoms with E-state index in [4.69, 9.17) is 16.3 Å². The Labute approximate surface area is 127 Å². The van der Waals surface area contributed by atoms with Gasteiger partial charge in [-0.1, -0.05) is 29.8 Å². The molecule has 1 heterocycles. The number of hydrogen-bond donors (Lipinski definition) is 1. The van der Waals surface area contributed by atoms with Crippen molar-refractivity contribution in [1.29, 1.82) is 0 Å². The van der Waals surface area contributed by atoms with Gasteiger partial charge in [0, 0.05) is 5.69 Å². The summed E-state index contributed by atoms with van der Waals surface area (Å²) in [6.07, 6.45) is 1.78. The molecule has 0 radical (unpaired) electrons. The Bertz CT molecular complexity index is 723. The summed E-state index contributed by atoms with van der Waals surface area (Å²) in [6, 6.07) is 17.4. The van der Waals surface area contributed by atoms with Crippen molar-refractivity contribution >= 4 is 23.1 Å². The summed E-state index contributed by atoms with van der Waals surface area (Å²) in [6.45, 7) is 0. The fraction of sp³-hybridized carbons (Fsp3) is 0.0625. The Morgan fingerprint density at radius 1 is 1.05 bits per heavy atom. The monoisotopic (exact) mass is 299 g/mol. The molecule has 0 amide bonds. The maximum Gasteiger partial charge on any atom is 0.171 e. The summed E-state index contributed by atoms with van der Waals surface area (Å²) in [4.78, 5) is 0. The van der Waals surface area contributed by atoms with E-state index in [2.05, 4.69) is 10.4 Å². The van der Waals surface area contributed by atoms with Gasteiger partial charge in [-0.05, 0) is 36.4 Å². The van der Waals surface area contributed by atoms with Gasteiger partial charge in [0.1, 0.15) is 10.8 Å².